The first kappa shape index (κ1) is 11.5. The van der Waals surface area contributed by atoms with E-state index in [1.165, 1.54) is 12.0 Å². The third-order valence-electron chi connectivity index (χ3n) is 2.60. The highest BCUT2D eigenvalue weighted by atomic mass is 16.5. The summed E-state index contributed by atoms with van der Waals surface area (Å²) in [6, 6.07) is 0.463. The average molecular weight is 199 g/mol. The molecular formula is C11H21NO2. The zero-order chi connectivity index (χ0) is 10.2. The molecule has 0 aliphatic carbocycles. The molecule has 1 aliphatic heterocycles. The fraction of sp³-hybridized carbons (Fsp3) is 0.818. The van der Waals surface area contributed by atoms with Crippen molar-refractivity contribution in [2.45, 2.75) is 31.7 Å². The van der Waals surface area contributed by atoms with Crippen molar-refractivity contribution < 1.29 is 9.47 Å². The molecule has 0 spiro atoms. The Hall–Kier alpha value is -0.540. The van der Waals surface area contributed by atoms with E-state index < -0.39 is 0 Å². The van der Waals surface area contributed by atoms with Crippen LogP contribution in [0.5, 0.6) is 0 Å². The highest BCUT2D eigenvalue weighted by molar-refractivity contribution is 5.09. The van der Waals surface area contributed by atoms with Crippen LogP contribution in [0, 0.1) is 0 Å². The second kappa shape index (κ2) is 6.85. The van der Waals surface area contributed by atoms with Crippen molar-refractivity contribution in [2.24, 2.45) is 0 Å². The van der Waals surface area contributed by atoms with Gasteiger partial charge in [0, 0.05) is 19.8 Å². The molecule has 0 aromatic heterocycles. The molecule has 3 heteroatoms. The lowest BCUT2D eigenvalue weighted by Gasteiger charge is -2.22. The summed E-state index contributed by atoms with van der Waals surface area (Å²) in [6.45, 7) is 1.71. The van der Waals surface area contributed by atoms with Crippen LogP contribution in [0.4, 0.5) is 0 Å². The molecule has 3 nitrogen and oxygen atoms in total. The molecule has 0 radical (unpaired) electrons. The van der Waals surface area contributed by atoms with Crippen LogP contribution in [0.2, 0.25) is 0 Å². The Morgan fingerprint density at radius 1 is 1.64 bits per heavy atom. The summed E-state index contributed by atoms with van der Waals surface area (Å²) in [5.74, 6) is 0. The van der Waals surface area contributed by atoms with Crippen molar-refractivity contribution in [1.82, 2.24) is 5.32 Å². The van der Waals surface area contributed by atoms with Gasteiger partial charge in [-0.1, -0.05) is 0 Å². The number of likely N-dealkylation sites (N-methyl/N-ethyl adjacent to an activating group) is 1. The molecule has 1 heterocycles. The molecule has 82 valence electrons. The number of nitrogens with one attached hydrogen (secondary N) is 1. The zero-order valence-corrected chi connectivity index (χ0v) is 9.21. The molecule has 1 unspecified atom stereocenters. The van der Waals surface area contributed by atoms with E-state index in [1.807, 2.05) is 13.3 Å². The van der Waals surface area contributed by atoms with E-state index in [0.29, 0.717) is 6.04 Å². The highest BCUT2D eigenvalue weighted by Crippen LogP contribution is 2.18. The van der Waals surface area contributed by atoms with Gasteiger partial charge in [-0.05, 0) is 38.3 Å². The Balaban J connectivity index is 2.32. The molecule has 0 fully saturated rings. The van der Waals surface area contributed by atoms with E-state index in [-0.39, 0.29) is 0 Å². The third-order valence-corrected chi connectivity index (χ3v) is 2.60. The van der Waals surface area contributed by atoms with Gasteiger partial charge in [0.15, 0.2) is 0 Å². The Morgan fingerprint density at radius 3 is 3.07 bits per heavy atom. The minimum absolute atomic E-state index is 0.463. The van der Waals surface area contributed by atoms with Gasteiger partial charge in [-0.25, -0.2) is 0 Å². The SMILES string of the molecule is CNC(CCCOC)C1=COCCC1. The Labute approximate surface area is 86.5 Å². The maximum absolute atomic E-state index is 5.34. The van der Waals surface area contributed by atoms with Crippen molar-refractivity contribution in [3.05, 3.63) is 11.8 Å². The maximum Gasteiger partial charge on any atom is 0.0876 e. The van der Waals surface area contributed by atoms with Gasteiger partial charge in [-0.3, -0.25) is 0 Å². The van der Waals surface area contributed by atoms with Gasteiger partial charge in [0.2, 0.25) is 0 Å². The van der Waals surface area contributed by atoms with Crippen LogP contribution in [0.15, 0.2) is 11.8 Å². The molecule has 0 amide bonds. The third kappa shape index (κ3) is 3.68. The Bertz CT molecular complexity index is 180. The first-order valence-corrected chi connectivity index (χ1v) is 5.35. The number of hydrogen-bond acceptors (Lipinski definition) is 3. The molecule has 1 atom stereocenters. The molecule has 0 bridgehead atoms. The average Bonchev–Trinajstić information content (AvgIpc) is 2.26. The van der Waals surface area contributed by atoms with Crippen LogP contribution in [-0.4, -0.2) is 33.4 Å². The first-order valence-electron chi connectivity index (χ1n) is 5.35. The molecule has 0 saturated heterocycles. The van der Waals surface area contributed by atoms with E-state index in [1.54, 1.807) is 7.11 Å². The van der Waals surface area contributed by atoms with Crippen molar-refractivity contribution in [3.8, 4) is 0 Å². The maximum atomic E-state index is 5.34. The minimum Gasteiger partial charge on any atom is -0.501 e. The van der Waals surface area contributed by atoms with Gasteiger partial charge >= 0.3 is 0 Å². The van der Waals surface area contributed by atoms with Crippen molar-refractivity contribution >= 4 is 0 Å². The van der Waals surface area contributed by atoms with E-state index in [4.69, 9.17) is 9.47 Å². The smallest absolute Gasteiger partial charge is 0.0876 e. The van der Waals surface area contributed by atoms with Crippen molar-refractivity contribution in [2.75, 3.05) is 27.4 Å². The summed E-state index contributed by atoms with van der Waals surface area (Å²) in [6.07, 6.45) is 6.46. The Morgan fingerprint density at radius 2 is 2.50 bits per heavy atom. The van der Waals surface area contributed by atoms with Crippen LogP contribution in [-0.2, 0) is 9.47 Å². The van der Waals surface area contributed by atoms with E-state index in [0.717, 1.165) is 32.5 Å². The number of hydrogen-bond donors (Lipinski definition) is 1. The quantitative estimate of drug-likeness (QED) is 0.660. The standard InChI is InChI=1S/C11H21NO2/c1-12-11(6-4-7-13-2)10-5-3-8-14-9-10/h9,11-12H,3-8H2,1-2H3. The number of methoxy groups -OCH3 is 1. The monoisotopic (exact) mass is 199 g/mol. The molecule has 0 aromatic carbocycles. The summed E-state index contributed by atoms with van der Waals surface area (Å²) in [7, 11) is 3.75. The topological polar surface area (TPSA) is 30.5 Å². The normalized spacial score (nSPS) is 18.6. The summed E-state index contributed by atoms with van der Waals surface area (Å²) in [4.78, 5) is 0. The summed E-state index contributed by atoms with van der Waals surface area (Å²) in [5.41, 5.74) is 1.40. The van der Waals surface area contributed by atoms with Gasteiger partial charge < -0.3 is 14.8 Å². The summed E-state index contributed by atoms with van der Waals surface area (Å²) >= 11 is 0. The second-order valence-corrected chi connectivity index (χ2v) is 3.64. The lowest BCUT2D eigenvalue weighted by molar-refractivity contribution is 0.187. The fourth-order valence-corrected chi connectivity index (χ4v) is 1.79. The Kier molecular flexibility index (Phi) is 5.64. The number of ether oxygens (including phenoxy) is 2. The minimum atomic E-state index is 0.463. The van der Waals surface area contributed by atoms with Crippen molar-refractivity contribution in [1.29, 1.82) is 0 Å². The molecule has 0 aromatic rings. The van der Waals surface area contributed by atoms with Crippen LogP contribution >= 0.6 is 0 Å². The molecule has 0 saturated carbocycles. The number of rotatable bonds is 6. The van der Waals surface area contributed by atoms with E-state index in [9.17, 15) is 0 Å². The lowest BCUT2D eigenvalue weighted by atomic mass is 9.98. The van der Waals surface area contributed by atoms with Crippen LogP contribution < -0.4 is 5.32 Å². The van der Waals surface area contributed by atoms with E-state index >= 15 is 0 Å². The van der Waals surface area contributed by atoms with Gasteiger partial charge in [0.25, 0.3) is 0 Å². The molecule has 1 aliphatic rings. The van der Waals surface area contributed by atoms with E-state index in [2.05, 4.69) is 5.32 Å². The predicted molar refractivity (Wildman–Crippen MR) is 57.2 cm³/mol. The highest BCUT2D eigenvalue weighted by Gasteiger charge is 2.14. The van der Waals surface area contributed by atoms with Crippen molar-refractivity contribution in [3.63, 3.8) is 0 Å². The van der Waals surface area contributed by atoms with Crippen LogP contribution in [0.25, 0.3) is 0 Å². The molecule has 1 N–H and O–H groups in total. The van der Waals surface area contributed by atoms with Crippen LogP contribution in [0.3, 0.4) is 0 Å². The molecular weight excluding hydrogens is 178 g/mol. The van der Waals surface area contributed by atoms with Gasteiger partial charge in [0.05, 0.1) is 12.9 Å². The second-order valence-electron chi connectivity index (χ2n) is 3.64. The lowest BCUT2D eigenvalue weighted by Crippen LogP contribution is -2.29. The van der Waals surface area contributed by atoms with Gasteiger partial charge in [-0.15, -0.1) is 0 Å². The molecule has 14 heavy (non-hydrogen) atoms. The zero-order valence-electron chi connectivity index (χ0n) is 9.21. The predicted octanol–water partition coefficient (Wildman–Crippen LogP) is 1.70. The summed E-state index contributed by atoms with van der Waals surface area (Å²) in [5, 5.41) is 3.33. The fourth-order valence-electron chi connectivity index (χ4n) is 1.79. The largest absolute Gasteiger partial charge is 0.501 e. The van der Waals surface area contributed by atoms with Crippen LogP contribution in [0.1, 0.15) is 25.7 Å². The first-order chi connectivity index (χ1) is 6.88. The molecule has 1 rings (SSSR count). The van der Waals surface area contributed by atoms with Gasteiger partial charge in [-0.2, -0.15) is 0 Å². The van der Waals surface area contributed by atoms with Gasteiger partial charge in [0.1, 0.15) is 0 Å². The summed E-state index contributed by atoms with van der Waals surface area (Å²) < 4.78 is 10.4.